The van der Waals surface area contributed by atoms with Gasteiger partial charge in [0.2, 0.25) is 0 Å². The lowest BCUT2D eigenvalue weighted by Gasteiger charge is -2.33. The van der Waals surface area contributed by atoms with E-state index in [2.05, 4.69) is 180 Å². The molecule has 2 rings (SSSR count). The highest BCUT2D eigenvalue weighted by Crippen LogP contribution is 2.39. The first kappa shape index (κ1) is 121. The van der Waals surface area contributed by atoms with Crippen LogP contribution in [0.5, 0.6) is 0 Å². The van der Waals surface area contributed by atoms with E-state index in [1.807, 2.05) is 0 Å². The molecule has 0 heteroatoms. The standard InChI is InChI=1S/C16H32.C15H32.C14H28.5C13H28/c1-5-13-9-14(6-2)11-16(8-4)12-15(7-3)10-13;1-4-7-10-11-14-15(12-8-5-2)13-9-6-3;1-4-12-8-7-9-13(5-2)11-14(6-3)10-12;1-5-12(6-2)10-9-11-13(7-3)8-4;1-5-9-10-13(8-4)11-12(6-2)7-3;1-4-7-8-9-10-11-12-13(5-2)6-3;1-4-7-9-10-12-13(6-3)11-8-5-2;1-3-5-7-9-11-13-12-10-8-6-4-2/h13-16H,5-12H2,1-4H3;15H,4-14H2,1-3H3;12-14H,4-11H2,1-3H3;2*12-13H,5-11H2,1-4H3;2*13H,4-12H2,1-3H3;3-13H2,1-2H3. The molecule has 672 valence electrons. The Kier molecular flexibility index (Phi) is 111. The molecule has 110 heavy (non-hydrogen) atoms. The Morgan fingerprint density at radius 3 is 0.582 bits per heavy atom. The summed E-state index contributed by atoms with van der Waals surface area (Å²) in [6.07, 6.45) is 101. The second-order valence-electron chi connectivity index (χ2n) is 37.6. The molecule has 2 aliphatic rings. The van der Waals surface area contributed by atoms with Crippen molar-refractivity contribution in [3.8, 4) is 0 Å². The van der Waals surface area contributed by atoms with Crippen molar-refractivity contribution in [1.29, 1.82) is 0 Å². The molecule has 2 saturated carbocycles. The molecule has 2 aliphatic carbocycles. The van der Waals surface area contributed by atoms with Gasteiger partial charge in [-0.2, -0.15) is 0 Å². The van der Waals surface area contributed by atoms with Crippen molar-refractivity contribution in [3.63, 3.8) is 0 Å². The van der Waals surface area contributed by atoms with Crippen LogP contribution in [0, 0.1) is 82.9 Å². The third-order valence-corrected chi connectivity index (χ3v) is 28.4. The van der Waals surface area contributed by atoms with Crippen LogP contribution in [0.2, 0.25) is 0 Å². The predicted octanol–water partition coefficient (Wildman–Crippen LogP) is 42.4. The van der Waals surface area contributed by atoms with Gasteiger partial charge in [0.1, 0.15) is 0 Å². The molecule has 0 nitrogen and oxygen atoms in total. The molecule has 0 radical (unpaired) electrons. The van der Waals surface area contributed by atoms with Gasteiger partial charge in [-0.25, -0.2) is 0 Å². The zero-order valence-corrected chi connectivity index (χ0v) is 83.6. The van der Waals surface area contributed by atoms with E-state index in [9.17, 15) is 0 Å². The highest BCUT2D eigenvalue weighted by molar-refractivity contribution is 4.78. The molecule has 0 aromatic heterocycles. The van der Waals surface area contributed by atoms with Gasteiger partial charge in [0.15, 0.2) is 0 Å². The maximum atomic E-state index is 2.39. The van der Waals surface area contributed by atoms with Crippen molar-refractivity contribution >= 4 is 0 Å². The third-order valence-electron chi connectivity index (χ3n) is 28.4. The Labute approximate surface area is 708 Å². The molecular formula is C110H232. The van der Waals surface area contributed by atoms with Crippen molar-refractivity contribution in [2.75, 3.05) is 0 Å². The highest BCUT2D eigenvalue weighted by atomic mass is 14.3. The van der Waals surface area contributed by atoms with Crippen LogP contribution in [0.3, 0.4) is 0 Å². The molecule has 0 bridgehead atoms. The fraction of sp³-hybridized carbons (Fsp3) is 1.00. The van der Waals surface area contributed by atoms with Crippen molar-refractivity contribution in [2.45, 2.75) is 629 Å². The van der Waals surface area contributed by atoms with Gasteiger partial charge in [-0.3, -0.25) is 0 Å². The molecular weight excluding hydrogens is 1320 g/mol. The molecule has 0 amide bonds. The number of unbranched alkanes of at least 4 members (excludes halogenated alkanes) is 25. The van der Waals surface area contributed by atoms with Crippen LogP contribution in [-0.2, 0) is 0 Å². The topological polar surface area (TPSA) is 0 Å². The summed E-state index contributed by atoms with van der Waals surface area (Å²) in [5, 5.41) is 0. The van der Waals surface area contributed by atoms with Crippen LogP contribution in [-0.4, -0.2) is 0 Å². The van der Waals surface area contributed by atoms with Gasteiger partial charge >= 0.3 is 0 Å². The maximum absolute atomic E-state index is 2.39. The number of hydrogen-bond donors (Lipinski definition) is 0. The fourth-order valence-corrected chi connectivity index (χ4v) is 18.6. The minimum Gasteiger partial charge on any atom is -0.0654 e. The molecule has 2 fully saturated rings. The van der Waals surface area contributed by atoms with E-state index in [0.717, 1.165) is 82.9 Å². The van der Waals surface area contributed by atoms with Crippen LogP contribution in [0.4, 0.5) is 0 Å². The van der Waals surface area contributed by atoms with Gasteiger partial charge in [-0.05, 0) is 128 Å². The van der Waals surface area contributed by atoms with Crippen LogP contribution in [0.15, 0.2) is 0 Å². The van der Waals surface area contributed by atoms with Gasteiger partial charge in [-0.15, -0.1) is 0 Å². The summed E-state index contributed by atoms with van der Waals surface area (Å²) in [6.45, 7) is 60.7. The minimum atomic E-state index is 0.988. The van der Waals surface area contributed by atoms with Crippen molar-refractivity contribution in [3.05, 3.63) is 0 Å². The summed E-state index contributed by atoms with van der Waals surface area (Å²) in [6, 6.07) is 0. The molecule has 0 aromatic rings. The quantitative estimate of drug-likeness (QED) is 0.0533. The van der Waals surface area contributed by atoms with Crippen molar-refractivity contribution < 1.29 is 0 Å². The zero-order valence-electron chi connectivity index (χ0n) is 83.6. The second-order valence-corrected chi connectivity index (χ2v) is 37.6. The van der Waals surface area contributed by atoms with Gasteiger partial charge in [-0.1, -0.05) is 585 Å². The monoisotopic (exact) mass is 1550 g/mol. The van der Waals surface area contributed by atoms with E-state index in [4.69, 9.17) is 0 Å². The van der Waals surface area contributed by atoms with Gasteiger partial charge in [0.25, 0.3) is 0 Å². The summed E-state index contributed by atoms with van der Waals surface area (Å²) in [5.41, 5.74) is 0. The lowest BCUT2D eigenvalue weighted by atomic mass is 9.72. The summed E-state index contributed by atoms with van der Waals surface area (Å²) in [4.78, 5) is 0. The van der Waals surface area contributed by atoms with E-state index in [-0.39, 0.29) is 0 Å². The first-order valence-corrected chi connectivity index (χ1v) is 53.5. The number of rotatable bonds is 62. The fourth-order valence-electron chi connectivity index (χ4n) is 18.6. The van der Waals surface area contributed by atoms with Crippen molar-refractivity contribution in [1.82, 2.24) is 0 Å². The molecule has 0 heterocycles. The van der Waals surface area contributed by atoms with Crippen LogP contribution >= 0.6 is 0 Å². The predicted molar refractivity (Wildman–Crippen MR) is 520 cm³/mol. The lowest BCUT2D eigenvalue weighted by molar-refractivity contribution is 0.183. The van der Waals surface area contributed by atoms with E-state index in [1.165, 1.54) is 449 Å². The number of hydrogen-bond acceptors (Lipinski definition) is 0. The smallest absolute Gasteiger partial charge is 0.0412 e. The van der Waals surface area contributed by atoms with Gasteiger partial charge in [0, 0.05) is 0 Å². The van der Waals surface area contributed by atoms with E-state index in [1.54, 1.807) is 0 Å². The van der Waals surface area contributed by atoms with E-state index in [0.29, 0.717) is 0 Å². The molecule has 0 aromatic carbocycles. The lowest BCUT2D eigenvalue weighted by Crippen LogP contribution is -2.21. The highest BCUT2D eigenvalue weighted by Gasteiger charge is 2.26. The third kappa shape index (κ3) is 85.9. The van der Waals surface area contributed by atoms with Gasteiger partial charge < -0.3 is 0 Å². The summed E-state index contributed by atoms with van der Waals surface area (Å²) in [5.74, 6) is 14.3. The Hall–Kier alpha value is 0. The van der Waals surface area contributed by atoms with Gasteiger partial charge in [0.05, 0.1) is 0 Å². The average molecular weight is 1560 g/mol. The first-order chi connectivity index (χ1) is 53.5. The van der Waals surface area contributed by atoms with Crippen LogP contribution in [0.25, 0.3) is 0 Å². The Morgan fingerprint density at radius 2 is 0.336 bits per heavy atom. The zero-order chi connectivity index (χ0) is 83.6. The minimum absolute atomic E-state index is 0.988. The molecule has 4 atom stereocenters. The first-order valence-electron chi connectivity index (χ1n) is 53.5. The molecule has 0 N–H and O–H groups in total. The Morgan fingerprint density at radius 1 is 0.155 bits per heavy atom. The van der Waals surface area contributed by atoms with Crippen LogP contribution < -0.4 is 0 Å². The van der Waals surface area contributed by atoms with E-state index >= 15 is 0 Å². The Balaban J connectivity index is -0.000000281. The van der Waals surface area contributed by atoms with Crippen LogP contribution in [0.1, 0.15) is 629 Å². The largest absolute Gasteiger partial charge is 0.0654 e. The molecule has 0 spiro atoms. The average Bonchev–Trinajstić information content (AvgIpc) is 0.876. The summed E-state index contributed by atoms with van der Waals surface area (Å²) >= 11 is 0. The SMILES string of the molecule is CCC(CC)CCCC(CC)CC.CCC1CC(CC)CC(CC)CC(CC)C1.CCC1CCCC(CC)CC(CC)C1.CCCCC(CC)CC(CC)CC.CCCCCCC(CC)CCCC.CCCCCCC(CCCC)CCCC.CCCCCCCCC(CC)CC.CCCCCCCCCCCCC. The van der Waals surface area contributed by atoms with Crippen molar-refractivity contribution in [2.24, 2.45) is 82.9 Å². The molecule has 4 unspecified atom stereocenters. The Bertz CT molecular complexity index is 1410. The summed E-state index contributed by atoms with van der Waals surface area (Å²) in [7, 11) is 0. The normalized spacial score (nSPS) is 18.4. The second kappa shape index (κ2) is 101. The maximum Gasteiger partial charge on any atom is -0.0412 e. The van der Waals surface area contributed by atoms with E-state index < -0.39 is 0 Å². The summed E-state index contributed by atoms with van der Waals surface area (Å²) < 4.78 is 0. The molecule has 0 saturated heterocycles. The molecule has 0 aliphatic heterocycles.